The lowest BCUT2D eigenvalue weighted by Crippen LogP contribution is -2.18. The summed E-state index contributed by atoms with van der Waals surface area (Å²) < 4.78 is 10.8. The maximum atomic E-state index is 11.9. The molecule has 0 aromatic rings. The molecule has 1 heterocycles. The first-order chi connectivity index (χ1) is 11.5. The van der Waals surface area contributed by atoms with Crippen molar-refractivity contribution >= 4 is 18.2 Å². The standard InChI is InChI=1S/C19H22O5/c1-4-6-18(21)23-16-10-15-13(3)19(22)24-17(15)9-12(2)7-5-8-14(16)11-20/h5,8-9,11,15,17H,3-4,6-7,10H2,1-2H3/b8-5-,12-9-,16-14-/t15?,17-/m1/s1. The monoisotopic (exact) mass is 330 g/mol. The maximum absolute atomic E-state index is 11.9. The van der Waals surface area contributed by atoms with Crippen molar-refractivity contribution < 1.29 is 23.9 Å². The lowest BCUT2D eigenvalue weighted by atomic mass is 9.89. The minimum absolute atomic E-state index is 0.215. The molecule has 0 bridgehead atoms. The number of allylic oxidation sites excluding steroid dienone is 5. The predicted molar refractivity (Wildman–Crippen MR) is 88.7 cm³/mol. The summed E-state index contributed by atoms with van der Waals surface area (Å²) in [7, 11) is 0. The number of fused-ring (bicyclic) bond motifs is 1. The molecule has 24 heavy (non-hydrogen) atoms. The number of rotatable bonds is 4. The molecule has 5 nitrogen and oxygen atoms in total. The van der Waals surface area contributed by atoms with Gasteiger partial charge >= 0.3 is 11.9 Å². The van der Waals surface area contributed by atoms with Crippen LogP contribution in [0.3, 0.4) is 0 Å². The van der Waals surface area contributed by atoms with Crippen molar-refractivity contribution in [3.05, 3.63) is 47.3 Å². The Bertz CT molecular complexity index is 651. The molecule has 5 heteroatoms. The minimum atomic E-state index is -0.454. The molecule has 0 spiro atoms. The van der Waals surface area contributed by atoms with Crippen LogP contribution in [0.15, 0.2) is 47.3 Å². The summed E-state index contributed by atoms with van der Waals surface area (Å²) >= 11 is 0. The number of carbonyl (C=O) groups is 3. The van der Waals surface area contributed by atoms with E-state index in [0.29, 0.717) is 30.3 Å². The highest BCUT2D eigenvalue weighted by atomic mass is 16.6. The van der Waals surface area contributed by atoms with Crippen molar-refractivity contribution in [3.8, 4) is 0 Å². The number of carbonyl (C=O) groups excluding carboxylic acids is 3. The number of aldehydes is 1. The van der Waals surface area contributed by atoms with E-state index in [2.05, 4.69) is 6.58 Å². The van der Waals surface area contributed by atoms with Gasteiger partial charge in [0, 0.05) is 24.3 Å². The van der Waals surface area contributed by atoms with Crippen LogP contribution in [0.25, 0.3) is 0 Å². The Morgan fingerprint density at radius 3 is 2.92 bits per heavy atom. The zero-order valence-electron chi connectivity index (χ0n) is 14.0. The van der Waals surface area contributed by atoms with Gasteiger partial charge in [-0.2, -0.15) is 0 Å². The van der Waals surface area contributed by atoms with E-state index in [9.17, 15) is 14.4 Å². The lowest BCUT2D eigenvalue weighted by molar-refractivity contribution is -0.140. The van der Waals surface area contributed by atoms with Gasteiger partial charge in [-0.3, -0.25) is 9.59 Å². The number of hydrogen-bond acceptors (Lipinski definition) is 5. The van der Waals surface area contributed by atoms with Gasteiger partial charge in [0.05, 0.1) is 5.57 Å². The third-order valence-electron chi connectivity index (χ3n) is 4.08. The summed E-state index contributed by atoms with van der Waals surface area (Å²) in [5.74, 6) is -0.926. The van der Waals surface area contributed by atoms with Gasteiger partial charge in [-0.1, -0.05) is 31.2 Å². The smallest absolute Gasteiger partial charge is 0.334 e. The van der Waals surface area contributed by atoms with Crippen LogP contribution in [0.4, 0.5) is 0 Å². The molecule has 0 amide bonds. The van der Waals surface area contributed by atoms with Crippen molar-refractivity contribution in [2.75, 3.05) is 0 Å². The normalized spacial score (nSPS) is 30.7. The summed E-state index contributed by atoms with van der Waals surface area (Å²) in [6, 6.07) is 0. The van der Waals surface area contributed by atoms with Crippen LogP contribution in [-0.2, 0) is 23.9 Å². The Kier molecular flexibility index (Phi) is 5.90. The molecule has 0 aromatic carbocycles. The average Bonchev–Trinajstić information content (AvgIpc) is 2.78. The zero-order valence-corrected chi connectivity index (χ0v) is 14.0. The van der Waals surface area contributed by atoms with E-state index in [-0.39, 0.29) is 24.5 Å². The first-order valence-corrected chi connectivity index (χ1v) is 8.08. The van der Waals surface area contributed by atoms with Crippen LogP contribution >= 0.6 is 0 Å². The molecule has 128 valence electrons. The second kappa shape index (κ2) is 7.90. The first kappa shape index (κ1) is 17.9. The first-order valence-electron chi connectivity index (χ1n) is 8.08. The molecule has 2 atom stereocenters. The molecule has 1 aliphatic heterocycles. The summed E-state index contributed by atoms with van der Waals surface area (Å²) in [6.45, 7) is 7.61. The zero-order chi connectivity index (χ0) is 17.7. The molecule has 0 N–H and O–H groups in total. The Hall–Kier alpha value is -2.43. The Balaban J connectivity index is 2.41. The van der Waals surface area contributed by atoms with Crippen LogP contribution in [0.1, 0.15) is 39.5 Å². The Labute approximate surface area is 141 Å². The van der Waals surface area contributed by atoms with Crippen LogP contribution in [0.5, 0.6) is 0 Å². The molecule has 2 rings (SSSR count). The van der Waals surface area contributed by atoms with Gasteiger partial charge in [0.25, 0.3) is 0 Å². The molecule has 1 fully saturated rings. The van der Waals surface area contributed by atoms with E-state index in [4.69, 9.17) is 9.47 Å². The highest BCUT2D eigenvalue weighted by Crippen LogP contribution is 2.35. The summed E-state index contributed by atoms with van der Waals surface area (Å²) in [6.07, 6.45) is 7.33. The fraction of sp³-hybridized carbons (Fsp3) is 0.421. The lowest BCUT2D eigenvalue weighted by Gasteiger charge is -2.19. The SMILES string of the molecule is C=C1C(=O)O[C@@H]2/C=C(/C)C/C=C\C(C=O)=C(\OC(=O)CCC)CC12. The van der Waals surface area contributed by atoms with Gasteiger partial charge in [-0.05, 0) is 25.8 Å². The van der Waals surface area contributed by atoms with E-state index in [1.807, 2.05) is 26.0 Å². The van der Waals surface area contributed by atoms with E-state index < -0.39 is 18.0 Å². The average molecular weight is 330 g/mol. The maximum Gasteiger partial charge on any atom is 0.334 e. The highest BCUT2D eigenvalue weighted by Gasteiger charge is 2.38. The van der Waals surface area contributed by atoms with E-state index in [1.165, 1.54) is 0 Å². The minimum Gasteiger partial charge on any atom is -0.454 e. The highest BCUT2D eigenvalue weighted by molar-refractivity contribution is 5.91. The van der Waals surface area contributed by atoms with Crippen molar-refractivity contribution in [1.82, 2.24) is 0 Å². The van der Waals surface area contributed by atoms with Crippen LogP contribution in [0.2, 0.25) is 0 Å². The molecular formula is C19H22O5. The van der Waals surface area contributed by atoms with Crippen LogP contribution in [-0.4, -0.2) is 24.3 Å². The van der Waals surface area contributed by atoms with Gasteiger partial charge in [0.1, 0.15) is 11.9 Å². The third kappa shape index (κ3) is 4.10. The summed E-state index contributed by atoms with van der Waals surface area (Å²) in [5, 5.41) is 0. The molecule has 0 aromatic heterocycles. The van der Waals surface area contributed by atoms with E-state index >= 15 is 0 Å². The van der Waals surface area contributed by atoms with Gasteiger partial charge < -0.3 is 9.47 Å². The van der Waals surface area contributed by atoms with Crippen molar-refractivity contribution in [1.29, 1.82) is 0 Å². The third-order valence-corrected chi connectivity index (χ3v) is 4.08. The van der Waals surface area contributed by atoms with Gasteiger partial charge in [-0.25, -0.2) is 4.79 Å². The number of esters is 2. The fourth-order valence-electron chi connectivity index (χ4n) is 2.75. The molecule has 0 radical (unpaired) electrons. The summed E-state index contributed by atoms with van der Waals surface area (Å²) in [4.78, 5) is 35.2. The van der Waals surface area contributed by atoms with E-state index in [1.54, 1.807) is 6.08 Å². The van der Waals surface area contributed by atoms with E-state index in [0.717, 1.165) is 5.57 Å². The second-order valence-electron chi connectivity index (χ2n) is 6.05. The number of hydrogen-bond donors (Lipinski definition) is 0. The molecule has 1 aliphatic carbocycles. The van der Waals surface area contributed by atoms with Gasteiger partial charge in [0.2, 0.25) is 0 Å². The topological polar surface area (TPSA) is 69.7 Å². The quantitative estimate of drug-likeness (QED) is 0.343. The largest absolute Gasteiger partial charge is 0.454 e. The fourth-order valence-corrected chi connectivity index (χ4v) is 2.75. The number of ether oxygens (including phenoxy) is 2. The van der Waals surface area contributed by atoms with Crippen molar-refractivity contribution in [2.45, 2.75) is 45.6 Å². The molecular weight excluding hydrogens is 308 g/mol. The molecule has 1 unspecified atom stereocenters. The molecule has 0 saturated carbocycles. The van der Waals surface area contributed by atoms with Crippen LogP contribution < -0.4 is 0 Å². The Morgan fingerprint density at radius 2 is 2.25 bits per heavy atom. The second-order valence-corrected chi connectivity index (χ2v) is 6.05. The van der Waals surface area contributed by atoms with Crippen molar-refractivity contribution in [3.63, 3.8) is 0 Å². The van der Waals surface area contributed by atoms with Gasteiger partial charge in [-0.15, -0.1) is 0 Å². The summed E-state index contributed by atoms with van der Waals surface area (Å²) in [5.41, 5.74) is 1.67. The molecule has 1 saturated heterocycles. The van der Waals surface area contributed by atoms with Crippen molar-refractivity contribution in [2.24, 2.45) is 5.92 Å². The van der Waals surface area contributed by atoms with Crippen LogP contribution in [0, 0.1) is 5.92 Å². The molecule has 2 aliphatic rings. The Morgan fingerprint density at radius 1 is 1.50 bits per heavy atom. The van der Waals surface area contributed by atoms with Gasteiger partial charge in [0.15, 0.2) is 6.29 Å². The predicted octanol–water partition coefficient (Wildman–Crippen LogP) is 3.18.